The lowest BCUT2D eigenvalue weighted by Gasteiger charge is -2.31. The van der Waals surface area contributed by atoms with Crippen molar-refractivity contribution in [2.45, 2.75) is 124 Å². The zero-order valence-corrected chi connectivity index (χ0v) is 46.9. The van der Waals surface area contributed by atoms with Crippen LogP contribution in [0.3, 0.4) is 0 Å². The summed E-state index contributed by atoms with van der Waals surface area (Å²) in [6, 6.07) is 10.9. The molecule has 5 aliphatic rings. The van der Waals surface area contributed by atoms with Crippen molar-refractivity contribution in [2.24, 2.45) is 10.9 Å². The monoisotopic (exact) mass is 1130 g/mol. The number of benzene rings is 3. The van der Waals surface area contributed by atoms with Crippen LogP contribution < -0.4 is 40.4 Å². The van der Waals surface area contributed by atoms with Gasteiger partial charge in [-0.3, -0.25) is 53.6 Å². The second-order valence-electron chi connectivity index (χ2n) is 21.2. The predicted octanol–water partition coefficient (Wildman–Crippen LogP) is 5.00. The van der Waals surface area contributed by atoms with Crippen molar-refractivity contribution in [1.29, 1.82) is 0 Å². The highest BCUT2D eigenvalue weighted by Crippen LogP contribution is 2.42. The number of aliphatic hydroxyl groups excluding tert-OH is 1. The summed E-state index contributed by atoms with van der Waals surface area (Å²) in [6.45, 7) is 10.7. The number of nitrogens with zero attached hydrogens (tertiary/aromatic N) is 5. The van der Waals surface area contributed by atoms with Gasteiger partial charge >= 0.3 is 6.09 Å². The van der Waals surface area contributed by atoms with E-state index in [1.165, 1.54) is 24.1 Å². The average molecular weight is 1130 g/mol. The largest absolute Gasteiger partial charge is 0.493 e. The van der Waals surface area contributed by atoms with Gasteiger partial charge in [-0.1, -0.05) is 49.3 Å². The standard InChI is InChI=1S/C59H69N9O14.H2/c1-33(2)53(55(74)63-50(70)29-62-49(69)17-18-65-51(71)15-16-52(65)72)64-54(73)37(6)60-27-38-11-13-39(14-12-38)32-82-59(78)68-44-26-48(47(79-7)24-42(44)57(76)67-31-35(4)22-45(67)58(68)77)81-20-10-8-9-19-80-46-25-43-41(23-36(46)5)56(75)66-30-34(3)21-40(66)28-61-43;/h11-16,23-26,28,30-31,33,37,40,45,53,58,60,77H,8-10,17-22,27,29,32H2,1-7H3,(H,62,69)(H,64,73)(H,63,70,74);1H/t37?,40-,45-,53-,58-;/m0./s1. The number of nitrogens with one attached hydrogen (secondary N) is 4. The zero-order chi connectivity index (χ0) is 58.9. The molecule has 0 fully saturated rings. The number of ether oxygens (including phenoxy) is 4. The maximum Gasteiger partial charge on any atom is 0.416 e. The number of amides is 9. The van der Waals surface area contributed by atoms with E-state index in [0.717, 1.165) is 57.1 Å². The predicted molar refractivity (Wildman–Crippen MR) is 301 cm³/mol. The molecule has 5 atom stereocenters. The van der Waals surface area contributed by atoms with Crippen LogP contribution in [0.5, 0.6) is 17.2 Å². The molecule has 5 heterocycles. The fraction of sp³-hybridized carbons (Fsp3) is 0.424. The van der Waals surface area contributed by atoms with Crippen molar-refractivity contribution >= 4 is 70.9 Å². The smallest absolute Gasteiger partial charge is 0.416 e. The summed E-state index contributed by atoms with van der Waals surface area (Å²) >= 11 is 0. The Morgan fingerprint density at radius 1 is 0.768 bits per heavy atom. The first kappa shape index (κ1) is 59.4. The summed E-state index contributed by atoms with van der Waals surface area (Å²) in [4.78, 5) is 126. The number of aryl methyl sites for hydroxylation is 1. The number of hydrogen-bond donors (Lipinski definition) is 5. The maximum atomic E-state index is 14.2. The van der Waals surface area contributed by atoms with Crippen LogP contribution in [0.1, 0.15) is 112 Å². The van der Waals surface area contributed by atoms with E-state index >= 15 is 0 Å². The van der Waals surface area contributed by atoms with E-state index in [2.05, 4.69) is 26.3 Å². The molecule has 0 saturated heterocycles. The Kier molecular flexibility index (Phi) is 19.0. The van der Waals surface area contributed by atoms with E-state index in [4.69, 9.17) is 18.9 Å². The normalized spacial score (nSPS) is 18.6. The van der Waals surface area contributed by atoms with Crippen molar-refractivity contribution in [2.75, 3.05) is 38.3 Å². The molecule has 0 saturated carbocycles. The second kappa shape index (κ2) is 26.3. The number of carbonyl (C=O) groups excluding carboxylic acids is 9. The molecule has 5 N–H and O–H groups in total. The van der Waals surface area contributed by atoms with E-state index in [1.54, 1.807) is 56.1 Å². The molecule has 5 aliphatic heterocycles. The van der Waals surface area contributed by atoms with Crippen LogP contribution >= 0.6 is 0 Å². The van der Waals surface area contributed by atoms with Gasteiger partial charge in [0.1, 0.15) is 18.4 Å². The molecule has 3 aromatic carbocycles. The number of fused-ring (bicyclic) bond motifs is 4. The molecule has 436 valence electrons. The Balaban J connectivity index is 0.00000990. The van der Waals surface area contributed by atoms with E-state index in [0.29, 0.717) is 48.4 Å². The van der Waals surface area contributed by atoms with Gasteiger partial charge in [0.2, 0.25) is 23.6 Å². The van der Waals surface area contributed by atoms with Crippen LogP contribution in [-0.2, 0) is 46.7 Å². The Bertz CT molecular complexity index is 3140. The first-order chi connectivity index (χ1) is 39.2. The number of imide groups is 2. The summed E-state index contributed by atoms with van der Waals surface area (Å²) in [5.74, 6) is -3.59. The summed E-state index contributed by atoms with van der Waals surface area (Å²) in [5, 5.41) is 22.2. The van der Waals surface area contributed by atoms with Crippen LogP contribution in [0, 0.1) is 12.8 Å². The highest BCUT2D eigenvalue weighted by molar-refractivity contribution is 6.13. The van der Waals surface area contributed by atoms with Crippen molar-refractivity contribution < 1.29 is 68.6 Å². The van der Waals surface area contributed by atoms with Gasteiger partial charge in [-0.2, -0.15) is 0 Å². The van der Waals surface area contributed by atoms with Crippen molar-refractivity contribution in [3.05, 3.63) is 112 Å². The number of aliphatic hydroxyl groups is 1. The lowest BCUT2D eigenvalue weighted by atomic mass is 10.0. The van der Waals surface area contributed by atoms with E-state index in [-0.39, 0.29) is 68.8 Å². The van der Waals surface area contributed by atoms with Crippen LogP contribution in [0.25, 0.3) is 0 Å². The van der Waals surface area contributed by atoms with Gasteiger partial charge in [0.05, 0.1) is 67.5 Å². The van der Waals surface area contributed by atoms with Crippen molar-refractivity contribution in [3.63, 3.8) is 0 Å². The van der Waals surface area contributed by atoms with E-state index < -0.39 is 84.3 Å². The van der Waals surface area contributed by atoms with Gasteiger partial charge in [-0.25, -0.2) is 9.69 Å². The molecule has 0 aromatic heterocycles. The fourth-order valence-corrected chi connectivity index (χ4v) is 9.97. The molecule has 9 amide bonds. The average Bonchev–Trinajstić information content (AvgIpc) is 2.81. The molecule has 0 radical (unpaired) electrons. The molecule has 3 aromatic rings. The molecule has 0 aliphatic carbocycles. The molecule has 82 heavy (non-hydrogen) atoms. The maximum absolute atomic E-state index is 14.2. The van der Waals surface area contributed by atoms with Crippen LogP contribution in [-0.4, -0.2) is 143 Å². The van der Waals surface area contributed by atoms with Gasteiger partial charge in [0.25, 0.3) is 23.6 Å². The Hall–Kier alpha value is -8.70. The highest BCUT2D eigenvalue weighted by atomic mass is 16.6. The molecule has 0 bridgehead atoms. The highest BCUT2D eigenvalue weighted by Gasteiger charge is 2.45. The fourth-order valence-electron chi connectivity index (χ4n) is 9.97. The lowest BCUT2D eigenvalue weighted by molar-refractivity contribution is -0.138. The topological polar surface area (TPSA) is 284 Å². The molecule has 0 spiro atoms. The number of unbranched alkanes of at least 4 members (excludes halogenated alkanes) is 2. The summed E-state index contributed by atoms with van der Waals surface area (Å²) < 4.78 is 23.9. The molecular formula is C59H71N9O14. The third-order valence-corrected chi connectivity index (χ3v) is 14.6. The van der Waals surface area contributed by atoms with Gasteiger partial charge in [-0.15, -0.1) is 0 Å². The number of anilines is 1. The van der Waals surface area contributed by atoms with Crippen molar-refractivity contribution in [1.82, 2.24) is 36.0 Å². The van der Waals surface area contributed by atoms with Crippen LogP contribution in [0.15, 0.2) is 89.2 Å². The minimum Gasteiger partial charge on any atom is -0.493 e. The number of methoxy groups -OCH3 is 1. The Morgan fingerprint density at radius 3 is 2.12 bits per heavy atom. The second-order valence-corrected chi connectivity index (χ2v) is 21.2. The lowest BCUT2D eigenvalue weighted by Crippen LogP contribution is -2.55. The van der Waals surface area contributed by atoms with Gasteiger partial charge in [0.15, 0.2) is 17.7 Å². The summed E-state index contributed by atoms with van der Waals surface area (Å²) in [6.07, 6.45) is 8.05. The van der Waals surface area contributed by atoms with Crippen LogP contribution in [0.4, 0.5) is 16.2 Å². The third kappa shape index (κ3) is 13.9. The van der Waals surface area contributed by atoms with Crippen molar-refractivity contribution in [3.8, 4) is 17.2 Å². The summed E-state index contributed by atoms with van der Waals surface area (Å²) in [7, 11) is 1.45. The number of aliphatic imine (C=N–C) groups is 1. The first-order valence-electron chi connectivity index (χ1n) is 27.3. The molecule has 23 nitrogen and oxygen atoms in total. The van der Waals surface area contributed by atoms with Gasteiger partial charge in [0, 0.05) is 63.8 Å². The third-order valence-electron chi connectivity index (χ3n) is 14.6. The Labute approximate surface area is 476 Å². The minimum atomic E-state index is -1.50. The number of rotatable bonds is 23. The zero-order valence-electron chi connectivity index (χ0n) is 46.9. The van der Waals surface area contributed by atoms with E-state index in [1.807, 2.05) is 45.3 Å². The van der Waals surface area contributed by atoms with Gasteiger partial charge < -0.3 is 49.8 Å². The Morgan fingerprint density at radius 2 is 1.43 bits per heavy atom. The molecule has 8 rings (SSSR count). The van der Waals surface area contributed by atoms with Crippen LogP contribution in [0.2, 0.25) is 0 Å². The molecule has 23 heteroatoms. The minimum absolute atomic E-state index is 0. The summed E-state index contributed by atoms with van der Waals surface area (Å²) in [5.41, 5.74) is 5.48. The number of hydrogen-bond acceptors (Lipinski definition) is 16. The first-order valence-corrected chi connectivity index (χ1v) is 27.3. The molecular weight excluding hydrogens is 1060 g/mol. The quantitative estimate of drug-likeness (QED) is 0.0617. The van der Waals surface area contributed by atoms with Gasteiger partial charge in [-0.05, 0) is 94.5 Å². The SMILES string of the molecule is COc1cc2c(cc1OCCCCCOc1cc3c(cc1C)C(=O)N1C=C(C)C[C@H]1C=N3)N(C(=O)OCc1ccc(CNC(C)C(=O)N[C@H](C(=O)NC(=O)CNC(=O)CCN3C(=O)C=CC3=O)C(C)C)cc1)[C@@H](O)[C@@H]1CC(C)=CN1C2=O.[HH]. The molecule has 1 unspecified atom stereocenters. The number of carbonyl (C=O) groups is 9. The van der Waals surface area contributed by atoms with E-state index in [9.17, 15) is 48.3 Å².